The molecule has 1 heterocycles. The Bertz CT molecular complexity index is 364. The molecule has 1 saturated carbocycles. The first-order chi connectivity index (χ1) is 9.00. The Kier molecular flexibility index (Phi) is 4.13. The zero-order chi connectivity index (χ0) is 14.0. The second-order valence-corrected chi connectivity index (χ2v) is 5.81. The largest absolute Gasteiger partial charge is 0.380 e. The third-order valence-electron chi connectivity index (χ3n) is 4.44. The van der Waals surface area contributed by atoms with Gasteiger partial charge in [-0.05, 0) is 26.7 Å². The van der Waals surface area contributed by atoms with Crippen molar-refractivity contribution in [3.63, 3.8) is 0 Å². The third kappa shape index (κ3) is 2.61. The van der Waals surface area contributed by atoms with Crippen molar-refractivity contribution < 1.29 is 14.3 Å². The molecule has 5 heteroatoms. The van der Waals surface area contributed by atoms with Crippen LogP contribution in [-0.2, 0) is 14.3 Å². The molecule has 19 heavy (non-hydrogen) atoms. The van der Waals surface area contributed by atoms with Crippen LogP contribution in [0.3, 0.4) is 0 Å². The van der Waals surface area contributed by atoms with Gasteiger partial charge in [-0.25, -0.2) is 0 Å². The molecule has 1 spiro atoms. The van der Waals surface area contributed by atoms with E-state index in [1.165, 1.54) is 0 Å². The SMILES string of the molecule is COC(C)CN1C(=O)C2(CCCCC2)NC(=O)C1C. The minimum atomic E-state index is -0.644. The lowest BCUT2D eigenvalue weighted by Gasteiger charge is -2.47. The fourth-order valence-corrected chi connectivity index (χ4v) is 3.07. The molecule has 2 fully saturated rings. The van der Waals surface area contributed by atoms with Gasteiger partial charge in [-0.2, -0.15) is 0 Å². The first-order valence-electron chi connectivity index (χ1n) is 7.16. The lowest BCUT2D eigenvalue weighted by Crippen LogP contribution is -2.70. The smallest absolute Gasteiger partial charge is 0.249 e. The van der Waals surface area contributed by atoms with Crippen LogP contribution in [0, 0.1) is 0 Å². The van der Waals surface area contributed by atoms with Crippen LogP contribution in [0.25, 0.3) is 0 Å². The van der Waals surface area contributed by atoms with Gasteiger partial charge in [0.2, 0.25) is 11.8 Å². The van der Waals surface area contributed by atoms with Crippen LogP contribution in [0.15, 0.2) is 0 Å². The number of methoxy groups -OCH3 is 1. The molecule has 2 amide bonds. The van der Waals surface area contributed by atoms with Gasteiger partial charge in [0.15, 0.2) is 0 Å². The van der Waals surface area contributed by atoms with E-state index in [2.05, 4.69) is 5.32 Å². The quantitative estimate of drug-likeness (QED) is 0.833. The average Bonchev–Trinajstić information content (AvgIpc) is 2.42. The minimum absolute atomic E-state index is 0.0372. The van der Waals surface area contributed by atoms with Crippen LogP contribution in [0.1, 0.15) is 46.0 Å². The summed E-state index contributed by atoms with van der Waals surface area (Å²) in [6.45, 7) is 4.18. The van der Waals surface area contributed by atoms with E-state index >= 15 is 0 Å². The standard InChI is InChI=1S/C14H24N2O3/c1-10(19-3)9-16-11(2)12(17)15-14(13(16)18)7-5-4-6-8-14/h10-11H,4-9H2,1-3H3,(H,15,17). The molecule has 2 aliphatic rings. The van der Waals surface area contributed by atoms with Crippen LogP contribution in [0.5, 0.6) is 0 Å². The van der Waals surface area contributed by atoms with Crippen LogP contribution in [0.4, 0.5) is 0 Å². The van der Waals surface area contributed by atoms with E-state index < -0.39 is 11.6 Å². The topological polar surface area (TPSA) is 58.6 Å². The number of piperazine rings is 1. The molecule has 2 unspecified atom stereocenters. The molecule has 108 valence electrons. The van der Waals surface area contributed by atoms with Gasteiger partial charge in [0.05, 0.1) is 6.10 Å². The van der Waals surface area contributed by atoms with E-state index in [-0.39, 0.29) is 17.9 Å². The van der Waals surface area contributed by atoms with Crippen molar-refractivity contribution >= 4 is 11.8 Å². The Balaban J connectivity index is 2.20. The van der Waals surface area contributed by atoms with Crippen molar-refractivity contribution in [2.75, 3.05) is 13.7 Å². The van der Waals surface area contributed by atoms with E-state index in [1.54, 1.807) is 18.9 Å². The van der Waals surface area contributed by atoms with Gasteiger partial charge in [-0.3, -0.25) is 9.59 Å². The number of amides is 2. The predicted octanol–water partition coefficient (Wildman–Crippen LogP) is 1.07. The zero-order valence-corrected chi connectivity index (χ0v) is 12.1. The van der Waals surface area contributed by atoms with Gasteiger partial charge >= 0.3 is 0 Å². The number of rotatable bonds is 3. The van der Waals surface area contributed by atoms with Gasteiger partial charge in [-0.15, -0.1) is 0 Å². The number of hydrogen-bond donors (Lipinski definition) is 1. The lowest BCUT2D eigenvalue weighted by atomic mass is 9.78. The monoisotopic (exact) mass is 268 g/mol. The molecule has 1 aliphatic carbocycles. The van der Waals surface area contributed by atoms with Crippen LogP contribution in [0.2, 0.25) is 0 Å². The highest BCUT2D eigenvalue weighted by atomic mass is 16.5. The van der Waals surface area contributed by atoms with E-state index in [1.807, 2.05) is 6.92 Å². The van der Waals surface area contributed by atoms with E-state index in [4.69, 9.17) is 4.74 Å². The number of nitrogens with one attached hydrogen (secondary N) is 1. The summed E-state index contributed by atoms with van der Waals surface area (Å²) in [5.74, 6) is 0.0352. The van der Waals surface area contributed by atoms with Crippen LogP contribution in [-0.4, -0.2) is 48.1 Å². The first-order valence-corrected chi connectivity index (χ1v) is 7.16. The molecule has 0 radical (unpaired) electrons. The van der Waals surface area contributed by atoms with Gasteiger partial charge in [0.1, 0.15) is 11.6 Å². The van der Waals surface area contributed by atoms with Gasteiger partial charge in [0.25, 0.3) is 0 Å². The van der Waals surface area contributed by atoms with E-state index in [0.717, 1.165) is 32.1 Å². The summed E-state index contributed by atoms with van der Waals surface area (Å²) >= 11 is 0. The minimum Gasteiger partial charge on any atom is -0.380 e. The number of ether oxygens (including phenoxy) is 1. The molecule has 1 saturated heterocycles. The van der Waals surface area contributed by atoms with E-state index in [9.17, 15) is 9.59 Å². The molecule has 2 atom stereocenters. The number of hydrogen-bond acceptors (Lipinski definition) is 3. The predicted molar refractivity (Wildman–Crippen MR) is 71.6 cm³/mol. The van der Waals surface area contributed by atoms with Gasteiger partial charge in [0, 0.05) is 13.7 Å². The van der Waals surface area contributed by atoms with Crippen molar-refractivity contribution in [2.45, 2.75) is 63.6 Å². The molecule has 1 N–H and O–H groups in total. The summed E-state index contributed by atoms with van der Waals surface area (Å²) in [7, 11) is 1.63. The molecular formula is C14H24N2O3. The maximum Gasteiger partial charge on any atom is 0.249 e. The fourth-order valence-electron chi connectivity index (χ4n) is 3.07. The third-order valence-corrected chi connectivity index (χ3v) is 4.44. The lowest BCUT2D eigenvalue weighted by molar-refractivity contribution is -0.157. The van der Waals surface area contributed by atoms with Crippen molar-refractivity contribution in [3.05, 3.63) is 0 Å². The average molecular weight is 268 g/mol. The summed E-state index contributed by atoms with van der Waals surface area (Å²) in [6.07, 6.45) is 4.64. The molecule has 0 aromatic heterocycles. The Morgan fingerprint density at radius 2 is 2.00 bits per heavy atom. The molecular weight excluding hydrogens is 244 g/mol. The second kappa shape index (κ2) is 5.49. The van der Waals surface area contributed by atoms with Gasteiger partial charge in [-0.1, -0.05) is 19.3 Å². The molecule has 0 aromatic rings. The molecule has 1 aliphatic heterocycles. The van der Waals surface area contributed by atoms with Crippen molar-refractivity contribution in [1.82, 2.24) is 10.2 Å². The Morgan fingerprint density at radius 1 is 1.37 bits per heavy atom. The Hall–Kier alpha value is -1.10. The van der Waals surface area contributed by atoms with E-state index in [0.29, 0.717) is 6.54 Å². The summed E-state index contributed by atoms with van der Waals surface area (Å²) in [4.78, 5) is 26.6. The summed E-state index contributed by atoms with van der Waals surface area (Å²) in [6, 6.07) is -0.405. The Morgan fingerprint density at radius 3 is 2.58 bits per heavy atom. The highest BCUT2D eigenvalue weighted by Crippen LogP contribution is 2.33. The summed E-state index contributed by atoms with van der Waals surface area (Å²) in [5.41, 5.74) is -0.644. The first kappa shape index (κ1) is 14.3. The number of nitrogens with zero attached hydrogens (tertiary/aromatic N) is 1. The van der Waals surface area contributed by atoms with Crippen LogP contribution >= 0.6 is 0 Å². The molecule has 5 nitrogen and oxygen atoms in total. The highest BCUT2D eigenvalue weighted by molar-refractivity contribution is 5.99. The maximum atomic E-state index is 12.8. The summed E-state index contributed by atoms with van der Waals surface area (Å²) < 4.78 is 5.23. The summed E-state index contributed by atoms with van der Waals surface area (Å²) in [5, 5.41) is 2.98. The number of carbonyl (C=O) groups excluding carboxylic acids is 2. The van der Waals surface area contributed by atoms with Crippen LogP contribution < -0.4 is 5.32 Å². The van der Waals surface area contributed by atoms with Gasteiger partial charge < -0.3 is 15.0 Å². The normalized spacial score (nSPS) is 28.4. The molecule has 2 rings (SSSR count). The second-order valence-electron chi connectivity index (χ2n) is 5.81. The molecule has 0 bridgehead atoms. The maximum absolute atomic E-state index is 12.8. The van der Waals surface area contributed by atoms with Crippen molar-refractivity contribution in [3.8, 4) is 0 Å². The number of carbonyl (C=O) groups is 2. The van der Waals surface area contributed by atoms with Crippen molar-refractivity contribution in [2.24, 2.45) is 0 Å². The zero-order valence-electron chi connectivity index (χ0n) is 12.1. The Labute approximate surface area is 114 Å². The molecule has 0 aromatic carbocycles. The highest BCUT2D eigenvalue weighted by Gasteiger charge is 2.49. The fraction of sp³-hybridized carbons (Fsp3) is 0.857. The van der Waals surface area contributed by atoms with Crippen molar-refractivity contribution in [1.29, 1.82) is 0 Å².